The van der Waals surface area contributed by atoms with E-state index in [-0.39, 0.29) is 10.9 Å². The summed E-state index contributed by atoms with van der Waals surface area (Å²) in [5.41, 5.74) is 3.33. The number of hydrogen-bond donors (Lipinski definition) is 1. The van der Waals surface area contributed by atoms with Crippen LogP contribution in [0.15, 0.2) is 34.7 Å². The van der Waals surface area contributed by atoms with Crippen LogP contribution in [0.5, 0.6) is 0 Å². The molecule has 0 bridgehead atoms. The number of aromatic nitrogens is 1. The fourth-order valence-electron chi connectivity index (χ4n) is 1.89. The van der Waals surface area contributed by atoms with E-state index in [0.29, 0.717) is 5.69 Å². The van der Waals surface area contributed by atoms with Gasteiger partial charge in [0, 0.05) is 10.6 Å². The zero-order valence-corrected chi connectivity index (χ0v) is 13.0. The third-order valence-electron chi connectivity index (χ3n) is 2.98. The van der Waals surface area contributed by atoms with Gasteiger partial charge in [0.05, 0.1) is 22.1 Å². The normalized spacial score (nSPS) is 13.4. The molecule has 2 aromatic rings. The Labute approximate surface area is 125 Å². The number of nitrogens with zero attached hydrogens (tertiary/aromatic N) is 1. The fraction of sp³-hybridized carbons (Fsp3) is 0.308. The van der Waals surface area contributed by atoms with Crippen molar-refractivity contribution in [3.63, 3.8) is 0 Å². The third kappa shape index (κ3) is 3.38. The second kappa shape index (κ2) is 6.07. The van der Waals surface area contributed by atoms with Crippen molar-refractivity contribution < 1.29 is 17.2 Å². The molecule has 1 N–H and O–H groups in total. The van der Waals surface area contributed by atoms with Crippen LogP contribution in [-0.2, 0) is 9.84 Å². The first-order chi connectivity index (χ1) is 9.82. The van der Waals surface area contributed by atoms with Gasteiger partial charge in [0.15, 0.2) is 0 Å². The molecular formula is C13H14F2N2O2S2. The highest BCUT2D eigenvalue weighted by molar-refractivity contribution is 7.91. The lowest BCUT2D eigenvalue weighted by molar-refractivity contribution is 0.234. The Hall–Kier alpha value is -1.54. The van der Waals surface area contributed by atoms with Gasteiger partial charge in [0.2, 0.25) is 9.84 Å². The van der Waals surface area contributed by atoms with E-state index < -0.39 is 15.6 Å². The van der Waals surface area contributed by atoms with Crippen molar-refractivity contribution in [1.82, 2.24) is 4.98 Å². The molecule has 8 heteroatoms. The first-order valence-electron chi connectivity index (χ1n) is 6.11. The standard InChI is InChI=1S/C13H14F2N2O2S2/c1-8-12(20-7-16-8)9(2)17-10-3-5-11(6-4-10)21(18,19)13(14)15/h3-7,9,13,17H,1-2H3. The maximum Gasteiger partial charge on any atom is 0.341 e. The lowest BCUT2D eigenvalue weighted by Gasteiger charge is -2.14. The molecule has 1 atom stereocenters. The number of aryl methyl sites for hydroxylation is 1. The van der Waals surface area contributed by atoms with Gasteiger partial charge >= 0.3 is 5.76 Å². The van der Waals surface area contributed by atoms with Gasteiger partial charge in [-0.3, -0.25) is 0 Å². The first kappa shape index (κ1) is 15.8. The summed E-state index contributed by atoms with van der Waals surface area (Å²) in [6, 6.07) is 5.30. The minimum Gasteiger partial charge on any atom is -0.378 e. The molecule has 0 saturated carbocycles. The average molecular weight is 332 g/mol. The van der Waals surface area contributed by atoms with E-state index in [1.807, 2.05) is 13.8 Å². The van der Waals surface area contributed by atoms with Crippen molar-refractivity contribution in [2.45, 2.75) is 30.5 Å². The van der Waals surface area contributed by atoms with Crippen LogP contribution in [0.2, 0.25) is 0 Å². The van der Waals surface area contributed by atoms with Crippen molar-refractivity contribution >= 4 is 26.9 Å². The number of halogens is 2. The van der Waals surface area contributed by atoms with Gasteiger partial charge in [0.1, 0.15) is 0 Å². The topological polar surface area (TPSA) is 59.1 Å². The molecule has 0 aliphatic rings. The van der Waals surface area contributed by atoms with Crippen LogP contribution in [0.25, 0.3) is 0 Å². The second-order valence-electron chi connectivity index (χ2n) is 4.50. The molecule has 1 heterocycles. The van der Waals surface area contributed by atoms with Gasteiger partial charge in [-0.25, -0.2) is 13.4 Å². The number of rotatable bonds is 5. The molecular weight excluding hydrogens is 318 g/mol. The summed E-state index contributed by atoms with van der Waals surface area (Å²) in [6.45, 7) is 3.85. The van der Waals surface area contributed by atoms with Crippen LogP contribution in [0.4, 0.5) is 14.5 Å². The molecule has 21 heavy (non-hydrogen) atoms. The number of nitrogens with one attached hydrogen (secondary N) is 1. The molecule has 1 aromatic heterocycles. The van der Waals surface area contributed by atoms with Crippen LogP contribution < -0.4 is 5.32 Å². The molecule has 0 aliphatic heterocycles. The van der Waals surface area contributed by atoms with Crippen molar-refractivity contribution in [3.05, 3.63) is 40.3 Å². The molecule has 114 valence electrons. The first-order valence-corrected chi connectivity index (χ1v) is 8.53. The van der Waals surface area contributed by atoms with Crippen molar-refractivity contribution in [2.75, 3.05) is 5.32 Å². The number of anilines is 1. The Bertz CT molecular complexity index is 712. The molecule has 0 radical (unpaired) electrons. The van der Waals surface area contributed by atoms with Crippen LogP contribution in [-0.4, -0.2) is 19.2 Å². The highest BCUT2D eigenvalue weighted by Crippen LogP contribution is 2.26. The summed E-state index contributed by atoms with van der Waals surface area (Å²) in [5, 5.41) is 3.18. The molecule has 0 fully saturated rings. The molecule has 0 saturated heterocycles. The Morgan fingerprint density at radius 3 is 2.33 bits per heavy atom. The van der Waals surface area contributed by atoms with Crippen LogP contribution in [0.3, 0.4) is 0 Å². The number of benzene rings is 1. The molecule has 1 aromatic carbocycles. The van der Waals surface area contributed by atoms with Gasteiger partial charge in [-0.05, 0) is 38.1 Å². The van der Waals surface area contributed by atoms with E-state index in [1.54, 1.807) is 5.51 Å². The van der Waals surface area contributed by atoms with Crippen molar-refractivity contribution in [1.29, 1.82) is 0 Å². The number of alkyl halides is 2. The van der Waals surface area contributed by atoms with E-state index in [0.717, 1.165) is 10.6 Å². The fourth-order valence-corrected chi connectivity index (χ4v) is 3.42. The Kier molecular flexibility index (Phi) is 4.58. The van der Waals surface area contributed by atoms with E-state index in [1.165, 1.54) is 35.6 Å². The monoisotopic (exact) mass is 332 g/mol. The Morgan fingerprint density at radius 1 is 1.24 bits per heavy atom. The summed E-state index contributed by atoms with van der Waals surface area (Å²) in [7, 11) is -4.54. The van der Waals surface area contributed by atoms with Gasteiger partial charge in [-0.1, -0.05) is 0 Å². The Morgan fingerprint density at radius 2 is 1.86 bits per heavy atom. The van der Waals surface area contributed by atoms with E-state index >= 15 is 0 Å². The van der Waals surface area contributed by atoms with E-state index in [9.17, 15) is 17.2 Å². The molecule has 4 nitrogen and oxygen atoms in total. The van der Waals surface area contributed by atoms with Gasteiger partial charge in [-0.15, -0.1) is 11.3 Å². The summed E-state index contributed by atoms with van der Waals surface area (Å²) < 4.78 is 47.5. The predicted molar refractivity (Wildman–Crippen MR) is 78.5 cm³/mol. The maximum absolute atomic E-state index is 12.4. The van der Waals surface area contributed by atoms with Gasteiger partial charge < -0.3 is 5.32 Å². The second-order valence-corrected chi connectivity index (χ2v) is 7.30. The maximum atomic E-state index is 12.4. The SMILES string of the molecule is Cc1ncsc1C(C)Nc1ccc(S(=O)(=O)C(F)F)cc1. The number of sulfone groups is 1. The quantitative estimate of drug-likeness (QED) is 0.908. The summed E-state index contributed by atoms with van der Waals surface area (Å²) in [4.78, 5) is 4.85. The van der Waals surface area contributed by atoms with Gasteiger partial charge in [-0.2, -0.15) is 8.78 Å². The number of hydrogen-bond acceptors (Lipinski definition) is 5. The molecule has 0 aliphatic carbocycles. The van der Waals surface area contributed by atoms with E-state index in [2.05, 4.69) is 10.3 Å². The van der Waals surface area contributed by atoms with Crippen molar-refractivity contribution in [2.24, 2.45) is 0 Å². The zero-order chi connectivity index (χ0) is 15.6. The highest BCUT2D eigenvalue weighted by Gasteiger charge is 2.26. The smallest absolute Gasteiger partial charge is 0.341 e. The Balaban J connectivity index is 2.15. The minimum absolute atomic E-state index is 0.00458. The number of thiazole rings is 1. The van der Waals surface area contributed by atoms with Crippen LogP contribution >= 0.6 is 11.3 Å². The summed E-state index contributed by atoms with van der Waals surface area (Å²) in [5.74, 6) is -3.41. The lowest BCUT2D eigenvalue weighted by atomic mass is 10.2. The summed E-state index contributed by atoms with van der Waals surface area (Å²) >= 11 is 1.52. The summed E-state index contributed by atoms with van der Waals surface area (Å²) in [6.07, 6.45) is 0. The molecule has 1 unspecified atom stereocenters. The zero-order valence-electron chi connectivity index (χ0n) is 11.4. The van der Waals surface area contributed by atoms with Crippen molar-refractivity contribution in [3.8, 4) is 0 Å². The van der Waals surface area contributed by atoms with Gasteiger partial charge in [0.25, 0.3) is 0 Å². The van der Waals surface area contributed by atoms with Crippen LogP contribution in [0.1, 0.15) is 23.5 Å². The highest BCUT2D eigenvalue weighted by atomic mass is 32.2. The minimum atomic E-state index is -4.54. The molecule has 2 rings (SSSR count). The largest absolute Gasteiger partial charge is 0.378 e. The lowest BCUT2D eigenvalue weighted by Crippen LogP contribution is -2.11. The average Bonchev–Trinajstić information content (AvgIpc) is 2.85. The van der Waals surface area contributed by atoms with E-state index in [4.69, 9.17) is 0 Å². The molecule has 0 amide bonds. The predicted octanol–water partition coefficient (Wildman–Crippen LogP) is 3.62. The van der Waals surface area contributed by atoms with Crippen LogP contribution in [0, 0.1) is 6.92 Å². The molecule has 0 spiro atoms. The third-order valence-corrected chi connectivity index (χ3v) is 5.49.